The fourth-order valence-corrected chi connectivity index (χ4v) is 6.31. The highest BCUT2D eigenvalue weighted by Crippen LogP contribution is 2.40. The van der Waals surface area contributed by atoms with Gasteiger partial charge in [-0.1, -0.05) is 29.8 Å². The molecule has 3 aliphatic rings. The number of pyridine rings is 1. The van der Waals surface area contributed by atoms with E-state index in [2.05, 4.69) is 26.9 Å². The molecule has 2 aromatic carbocycles. The molecule has 42 heavy (non-hydrogen) atoms. The van der Waals surface area contributed by atoms with Crippen LogP contribution in [0.2, 0.25) is 5.02 Å². The van der Waals surface area contributed by atoms with Crippen molar-refractivity contribution in [2.75, 3.05) is 44.3 Å². The summed E-state index contributed by atoms with van der Waals surface area (Å²) in [5.74, 6) is 0.345. The number of anilines is 1. The third kappa shape index (κ3) is 5.19. The molecule has 218 valence electrons. The molecule has 9 nitrogen and oxygen atoms in total. The fourth-order valence-electron chi connectivity index (χ4n) is 6.15. The largest absolute Gasteiger partial charge is 0.490 e. The van der Waals surface area contributed by atoms with Crippen LogP contribution >= 0.6 is 11.6 Å². The van der Waals surface area contributed by atoms with E-state index in [0.717, 1.165) is 62.0 Å². The summed E-state index contributed by atoms with van der Waals surface area (Å²) in [5.41, 5.74) is 4.08. The van der Waals surface area contributed by atoms with Gasteiger partial charge in [-0.05, 0) is 54.3 Å². The Labute approximate surface area is 247 Å². The van der Waals surface area contributed by atoms with E-state index in [4.69, 9.17) is 26.1 Å². The van der Waals surface area contributed by atoms with Crippen molar-refractivity contribution in [1.29, 1.82) is 0 Å². The number of fused-ring (bicyclic) bond motifs is 2. The van der Waals surface area contributed by atoms with Gasteiger partial charge in [0.15, 0.2) is 11.3 Å². The van der Waals surface area contributed by atoms with E-state index < -0.39 is 5.97 Å². The quantitative estimate of drug-likeness (QED) is 0.329. The number of hydrogen-bond acceptors (Lipinski definition) is 7. The number of rotatable bonds is 7. The van der Waals surface area contributed by atoms with Crippen molar-refractivity contribution in [2.45, 2.75) is 38.0 Å². The number of carbonyl (C=O) groups is 1. The zero-order chi connectivity index (χ0) is 28.8. The van der Waals surface area contributed by atoms with Gasteiger partial charge in [0.05, 0.1) is 31.5 Å². The monoisotopic (exact) mass is 591 g/mol. The third-order valence-electron chi connectivity index (χ3n) is 8.52. The van der Waals surface area contributed by atoms with E-state index in [9.17, 15) is 14.3 Å². The highest BCUT2D eigenvalue weighted by molar-refractivity contribution is 6.30. The van der Waals surface area contributed by atoms with Gasteiger partial charge in [0, 0.05) is 43.7 Å². The highest BCUT2D eigenvalue weighted by atomic mass is 35.5. The van der Waals surface area contributed by atoms with Crippen LogP contribution in [0, 0.1) is 5.82 Å². The van der Waals surface area contributed by atoms with Gasteiger partial charge in [0.1, 0.15) is 22.9 Å². The van der Waals surface area contributed by atoms with Crippen LogP contribution in [0.25, 0.3) is 11.2 Å². The first kappa shape index (κ1) is 27.1. The maximum atomic E-state index is 14.6. The number of piperazine rings is 1. The number of nitrogens with zero attached hydrogens (tertiary/aromatic N) is 5. The predicted molar refractivity (Wildman–Crippen MR) is 156 cm³/mol. The standard InChI is InChI=1S/C31H31ClFN5O4/c32-21-4-5-23(24(33)15-21)20-14-19-2-1-3-27(29(19)42-18-20)37-11-9-36(10-12-37)17-28-34-25-6-7-26(31(39)40)35-30(25)38(28)16-22-8-13-41-22/h1-7,15,20,22H,8-14,16-18H2,(H,39,40)/t20?,22-/m0/s1. The summed E-state index contributed by atoms with van der Waals surface area (Å²) in [6, 6.07) is 14.3. The molecule has 3 aliphatic heterocycles. The third-order valence-corrected chi connectivity index (χ3v) is 8.76. The summed E-state index contributed by atoms with van der Waals surface area (Å²) in [6.45, 7) is 5.71. The van der Waals surface area contributed by atoms with Gasteiger partial charge >= 0.3 is 5.97 Å². The van der Waals surface area contributed by atoms with Crippen molar-refractivity contribution in [3.05, 3.63) is 82.0 Å². The molecule has 1 unspecified atom stereocenters. The van der Waals surface area contributed by atoms with Crippen molar-refractivity contribution >= 4 is 34.4 Å². The van der Waals surface area contributed by atoms with Gasteiger partial charge in [0.25, 0.3) is 0 Å². The molecule has 2 aromatic heterocycles. The molecule has 1 N–H and O–H groups in total. The minimum atomic E-state index is -1.05. The van der Waals surface area contributed by atoms with E-state index in [1.54, 1.807) is 18.2 Å². The minimum Gasteiger partial charge on any atom is -0.490 e. The normalized spacial score (nSPS) is 20.7. The number of halogens is 2. The van der Waals surface area contributed by atoms with E-state index in [1.807, 2.05) is 10.6 Å². The summed E-state index contributed by atoms with van der Waals surface area (Å²) < 4.78 is 28.6. The smallest absolute Gasteiger partial charge is 0.354 e. The average molecular weight is 592 g/mol. The summed E-state index contributed by atoms with van der Waals surface area (Å²) in [4.78, 5) is 25.5. The van der Waals surface area contributed by atoms with Crippen LogP contribution in [0.1, 0.15) is 39.8 Å². The molecule has 5 heterocycles. The van der Waals surface area contributed by atoms with Crippen LogP contribution in [0.4, 0.5) is 10.1 Å². The van der Waals surface area contributed by atoms with Gasteiger partial charge in [-0.2, -0.15) is 0 Å². The number of para-hydroxylation sites is 1. The molecule has 0 saturated carbocycles. The van der Waals surface area contributed by atoms with Crippen LogP contribution in [0.15, 0.2) is 48.5 Å². The molecular weight excluding hydrogens is 561 g/mol. The Bertz CT molecular complexity index is 1650. The number of benzene rings is 2. The van der Waals surface area contributed by atoms with Gasteiger partial charge in [-0.15, -0.1) is 0 Å². The molecule has 0 spiro atoms. The average Bonchev–Trinajstić information content (AvgIpc) is 3.30. The molecule has 0 bridgehead atoms. The predicted octanol–water partition coefficient (Wildman–Crippen LogP) is 4.75. The maximum Gasteiger partial charge on any atom is 0.354 e. The SMILES string of the molecule is O=C(O)c1ccc2nc(CN3CCN(c4cccc5c4OCC(c4ccc(Cl)cc4F)C5)CC3)n(C[C@@H]3CCO3)c2n1. The van der Waals surface area contributed by atoms with Crippen molar-refractivity contribution in [3.63, 3.8) is 0 Å². The number of carboxylic acid groups (broad SMARTS) is 1. The summed E-state index contributed by atoms with van der Waals surface area (Å²) in [7, 11) is 0. The first-order valence-electron chi connectivity index (χ1n) is 14.3. The van der Waals surface area contributed by atoms with Gasteiger partial charge in [0.2, 0.25) is 0 Å². The van der Waals surface area contributed by atoms with Gasteiger partial charge < -0.3 is 24.0 Å². The number of carboxylic acids is 1. The van der Waals surface area contributed by atoms with Gasteiger partial charge in [-0.25, -0.2) is 19.2 Å². The van der Waals surface area contributed by atoms with E-state index in [1.165, 1.54) is 12.1 Å². The number of ether oxygens (including phenoxy) is 2. The van der Waals surface area contributed by atoms with Crippen molar-refractivity contribution < 1.29 is 23.8 Å². The Hall–Kier alpha value is -3.73. The van der Waals surface area contributed by atoms with Crippen LogP contribution < -0.4 is 9.64 Å². The molecule has 7 rings (SSSR count). The second-order valence-electron chi connectivity index (χ2n) is 11.2. The lowest BCUT2D eigenvalue weighted by molar-refractivity contribution is -0.0592. The lowest BCUT2D eigenvalue weighted by Crippen LogP contribution is -2.46. The number of aromatic carboxylic acids is 1. The molecule has 11 heteroatoms. The molecular formula is C31H31ClFN5O4. The van der Waals surface area contributed by atoms with E-state index in [0.29, 0.717) is 47.9 Å². The van der Waals surface area contributed by atoms with E-state index >= 15 is 0 Å². The van der Waals surface area contributed by atoms with Crippen LogP contribution in [0.5, 0.6) is 5.75 Å². The summed E-state index contributed by atoms with van der Waals surface area (Å²) in [6.07, 6.45) is 1.77. The first-order chi connectivity index (χ1) is 20.4. The zero-order valence-electron chi connectivity index (χ0n) is 23.0. The second kappa shape index (κ2) is 11.2. The van der Waals surface area contributed by atoms with Gasteiger partial charge in [-0.3, -0.25) is 4.90 Å². The number of imidazole rings is 1. The van der Waals surface area contributed by atoms with Crippen molar-refractivity contribution in [1.82, 2.24) is 19.4 Å². The van der Waals surface area contributed by atoms with Crippen molar-refractivity contribution in [3.8, 4) is 5.75 Å². The Morgan fingerprint density at radius 1 is 1.10 bits per heavy atom. The number of hydrogen-bond donors (Lipinski definition) is 1. The Kier molecular flexibility index (Phi) is 7.21. The minimum absolute atomic E-state index is 0.0105. The molecule has 0 aliphatic carbocycles. The summed E-state index contributed by atoms with van der Waals surface area (Å²) in [5, 5.41) is 9.85. The Morgan fingerprint density at radius 3 is 2.67 bits per heavy atom. The first-order valence-corrected chi connectivity index (χ1v) is 14.7. The van der Waals surface area contributed by atoms with Crippen LogP contribution in [-0.2, 0) is 24.2 Å². The van der Waals surface area contributed by atoms with Crippen LogP contribution in [-0.4, -0.2) is 76.0 Å². The zero-order valence-corrected chi connectivity index (χ0v) is 23.8. The molecule has 2 fully saturated rings. The second-order valence-corrected chi connectivity index (χ2v) is 11.6. The van der Waals surface area contributed by atoms with Crippen LogP contribution in [0.3, 0.4) is 0 Å². The Balaban J connectivity index is 1.05. The lowest BCUT2D eigenvalue weighted by atomic mass is 9.89. The molecule has 2 saturated heterocycles. The molecule has 4 aromatic rings. The Morgan fingerprint density at radius 2 is 1.93 bits per heavy atom. The van der Waals surface area contributed by atoms with Crippen molar-refractivity contribution in [2.24, 2.45) is 0 Å². The lowest BCUT2D eigenvalue weighted by Gasteiger charge is -2.38. The summed E-state index contributed by atoms with van der Waals surface area (Å²) >= 11 is 5.96. The number of aromatic nitrogens is 3. The molecule has 0 radical (unpaired) electrons. The topological polar surface area (TPSA) is 93.0 Å². The fraction of sp³-hybridized carbons (Fsp3) is 0.387. The maximum absolute atomic E-state index is 14.6. The molecule has 2 atom stereocenters. The van der Waals surface area contributed by atoms with E-state index in [-0.39, 0.29) is 23.5 Å². The highest BCUT2D eigenvalue weighted by Gasteiger charge is 2.29. The molecule has 0 amide bonds.